The molecule has 1 aliphatic rings. The molecule has 4 nitrogen and oxygen atoms in total. The van der Waals surface area contributed by atoms with Gasteiger partial charge in [-0.15, -0.1) is 0 Å². The van der Waals surface area contributed by atoms with E-state index in [4.69, 9.17) is 5.11 Å². The summed E-state index contributed by atoms with van der Waals surface area (Å²) in [5.41, 5.74) is -1.47. The number of aliphatic carboxylic acids is 1. The summed E-state index contributed by atoms with van der Waals surface area (Å²) in [4.78, 5) is 10.5. The van der Waals surface area contributed by atoms with Crippen molar-refractivity contribution >= 4 is 28.8 Å². The van der Waals surface area contributed by atoms with E-state index in [1.807, 2.05) is 3.11 Å². The van der Waals surface area contributed by atoms with Crippen LogP contribution in [0.25, 0.3) is 0 Å². The molecule has 1 saturated heterocycles. The molecule has 1 aliphatic heterocycles. The Morgan fingerprint density at radius 1 is 1.45 bits per heavy atom. The van der Waals surface area contributed by atoms with Gasteiger partial charge in [0.05, 0.1) is 0 Å². The first-order chi connectivity index (χ1) is 5.04. The number of carboxylic acid groups (broad SMARTS) is 1. The SMILES string of the molecule is O=C(O)C1(O)CCN(I)CC1. The summed E-state index contributed by atoms with van der Waals surface area (Å²) < 4.78 is 1.98. The zero-order chi connectivity index (χ0) is 8.48. The van der Waals surface area contributed by atoms with Gasteiger partial charge in [0.25, 0.3) is 0 Å². The van der Waals surface area contributed by atoms with E-state index in [9.17, 15) is 9.90 Å². The van der Waals surface area contributed by atoms with Crippen LogP contribution >= 0.6 is 22.9 Å². The minimum Gasteiger partial charge on any atom is -0.479 e. The average Bonchev–Trinajstić information content (AvgIpc) is 1.95. The summed E-state index contributed by atoms with van der Waals surface area (Å²) in [6, 6.07) is 0. The molecule has 0 bridgehead atoms. The summed E-state index contributed by atoms with van der Waals surface area (Å²) in [6.45, 7) is 1.28. The van der Waals surface area contributed by atoms with Gasteiger partial charge >= 0.3 is 5.97 Å². The van der Waals surface area contributed by atoms with Gasteiger partial charge in [-0.05, 0) is 0 Å². The Bertz CT molecular complexity index is 165. The molecule has 0 aliphatic carbocycles. The van der Waals surface area contributed by atoms with Crippen LogP contribution in [0.5, 0.6) is 0 Å². The van der Waals surface area contributed by atoms with E-state index in [2.05, 4.69) is 22.9 Å². The highest BCUT2D eigenvalue weighted by atomic mass is 127. The molecule has 0 unspecified atom stereocenters. The molecule has 5 heteroatoms. The third-order valence-electron chi connectivity index (χ3n) is 1.93. The fraction of sp³-hybridized carbons (Fsp3) is 0.833. The van der Waals surface area contributed by atoms with Gasteiger partial charge in [-0.2, -0.15) is 0 Å². The Morgan fingerprint density at radius 3 is 2.27 bits per heavy atom. The van der Waals surface area contributed by atoms with Crippen molar-refractivity contribution in [2.45, 2.75) is 18.4 Å². The lowest BCUT2D eigenvalue weighted by molar-refractivity contribution is -0.161. The van der Waals surface area contributed by atoms with Crippen LogP contribution in [-0.2, 0) is 4.79 Å². The Kier molecular flexibility index (Phi) is 2.71. The Morgan fingerprint density at radius 2 is 1.91 bits per heavy atom. The lowest BCUT2D eigenvalue weighted by atomic mass is 9.93. The minimum atomic E-state index is -1.47. The molecule has 0 amide bonds. The minimum absolute atomic E-state index is 0.325. The second-order valence-corrected chi connectivity index (χ2v) is 4.11. The second kappa shape index (κ2) is 3.24. The molecular weight excluding hydrogens is 261 g/mol. The first-order valence-corrected chi connectivity index (χ1v) is 4.37. The van der Waals surface area contributed by atoms with Crippen LogP contribution in [0, 0.1) is 0 Å². The van der Waals surface area contributed by atoms with Crippen molar-refractivity contribution in [2.75, 3.05) is 13.1 Å². The number of aliphatic hydroxyl groups is 1. The van der Waals surface area contributed by atoms with E-state index in [-0.39, 0.29) is 0 Å². The van der Waals surface area contributed by atoms with E-state index in [0.717, 1.165) is 0 Å². The van der Waals surface area contributed by atoms with Crippen molar-refractivity contribution in [3.8, 4) is 0 Å². The van der Waals surface area contributed by atoms with E-state index < -0.39 is 11.6 Å². The smallest absolute Gasteiger partial charge is 0.335 e. The molecule has 0 aromatic carbocycles. The fourth-order valence-electron chi connectivity index (χ4n) is 1.06. The molecule has 0 atom stereocenters. The predicted molar refractivity (Wildman–Crippen MR) is 47.4 cm³/mol. The van der Waals surface area contributed by atoms with Gasteiger partial charge in [-0.1, -0.05) is 0 Å². The van der Waals surface area contributed by atoms with Crippen LogP contribution in [0.15, 0.2) is 0 Å². The molecule has 64 valence electrons. The maximum absolute atomic E-state index is 10.5. The lowest BCUT2D eigenvalue weighted by Gasteiger charge is -2.31. The van der Waals surface area contributed by atoms with Gasteiger partial charge in [0.15, 0.2) is 5.60 Å². The van der Waals surface area contributed by atoms with Crippen molar-refractivity contribution in [3.05, 3.63) is 0 Å². The van der Waals surface area contributed by atoms with E-state index in [1.165, 1.54) is 0 Å². The molecule has 0 saturated carbocycles. The molecule has 2 N–H and O–H groups in total. The van der Waals surface area contributed by atoms with Crippen molar-refractivity contribution < 1.29 is 15.0 Å². The standard InChI is InChI=1S/C6H10INO3/c7-8-3-1-6(11,2-4-8)5(9)10/h11H,1-4H2,(H,9,10). The topological polar surface area (TPSA) is 60.8 Å². The molecule has 0 aromatic heterocycles. The van der Waals surface area contributed by atoms with Crippen LogP contribution < -0.4 is 0 Å². The molecule has 1 heterocycles. The summed E-state index contributed by atoms with van der Waals surface area (Å²) in [5.74, 6) is -1.10. The van der Waals surface area contributed by atoms with Crippen molar-refractivity contribution in [2.24, 2.45) is 0 Å². The summed E-state index contributed by atoms with van der Waals surface area (Å²) in [7, 11) is 0. The van der Waals surface area contributed by atoms with Gasteiger partial charge in [0.1, 0.15) is 0 Å². The molecule has 1 rings (SSSR count). The quantitative estimate of drug-likeness (QED) is 0.530. The molecular formula is C6H10INO3. The lowest BCUT2D eigenvalue weighted by Crippen LogP contribution is -2.46. The van der Waals surface area contributed by atoms with Crippen molar-refractivity contribution in [1.82, 2.24) is 3.11 Å². The number of carboxylic acids is 1. The highest BCUT2D eigenvalue weighted by Gasteiger charge is 2.38. The molecule has 11 heavy (non-hydrogen) atoms. The van der Waals surface area contributed by atoms with Crippen molar-refractivity contribution in [1.29, 1.82) is 0 Å². The fourth-order valence-corrected chi connectivity index (χ4v) is 1.55. The monoisotopic (exact) mass is 271 g/mol. The van der Waals surface area contributed by atoms with E-state index in [0.29, 0.717) is 25.9 Å². The molecule has 0 spiro atoms. The predicted octanol–water partition coefficient (Wildman–Crippen LogP) is 0.248. The largest absolute Gasteiger partial charge is 0.479 e. The summed E-state index contributed by atoms with van der Waals surface area (Å²) in [5, 5.41) is 18.0. The van der Waals surface area contributed by atoms with Crippen molar-refractivity contribution in [3.63, 3.8) is 0 Å². The van der Waals surface area contributed by atoms with Gasteiger partial charge < -0.3 is 10.2 Å². The zero-order valence-electron chi connectivity index (χ0n) is 5.96. The highest BCUT2D eigenvalue weighted by Crippen LogP contribution is 2.23. The van der Waals surface area contributed by atoms with E-state index in [1.54, 1.807) is 0 Å². The second-order valence-electron chi connectivity index (χ2n) is 2.75. The number of hydrogen-bond donors (Lipinski definition) is 2. The first kappa shape index (κ1) is 9.21. The first-order valence-electron chi connectivity index (χ1n) is 3.41. The van der Waals surface area contributed by atoms with Crippen LogP contribution in [0.3, 0.4) is 0 Å². The zero-order valence-corrected chi connectivity index (χ0v) is 8.11. The van der Waals surface area contributed by atoms with Crippen LogP contribution in [-0.4, -0.2) is 38.0 Å². The molecule has 1 fully saturated rings. The Hall–Kier alpha value is 0.120. The maximum Gasteiger partial charge on any atom is 0.335 e. The van der Waals surface area contributed by atoms with Gasteiger partial charge in [0, 0.05) is 48.8 Å². The van der Waals surface area contributed by atoms with Gasteiger partial charge in [-0.3, -0.25) is 0 Å². The van der Waals surface area contributed by atoms with Gasteiger partial charge in [0.2, 0.25) is 0 Å². The molecule has 0 aromatic rings. The Balaban J connectivity index is 2.55. The number of carbonyl (C=O) groups is 1. The summed E-state index contributed by atoms with van der Waals surface area (Å²) >= 11 is 2.13. The van der Waals surface area contributed by atoms with Gasteiger partial charge in [-0.25, -0.2) is 7.91 Å². The number of nitrogens with zero attached hydrogens (tertiary/aromatic N) is 1. The third-order valence-corrected chi connectivity index (χ3v) is 2.90. The number of halogens is 1. The normalized spacial score (nSPS) is 24.9. The van der Waals surface area contributed by atoms with E-state index >= 15 is 0 Å². The maximum atomic E-state index is 10.5. The Labute approximate surface area is 78.7 Å². The average molecular weight is 271 g/mol. The summed E-state index contributed by atoms with van der Waals surface area (Å²) in [6.07, 6.45) is 0.649. The number of hydrogen-bond acceptors (Lipinski definition) is 3. The number of piperidine rings is 1. The molecule has 0 radical (unpaired) electrons. The third kappa shape index (κ3) is 2.03. The van der Waals surface area contributed by atoms with Crippen LogP contribution in [0.1, 0.15) is 12.8 Å². The van der Waals surface area contributed by atoms with Crippen LogP contribution in [0.4, 0.5) is 0 Å². The van der Waals surface area contributed by atoms with Crippen LogP contribution in [0.2, 0.25) is 0 Å². The highest BCUT2D eigenvalue weighted by molar-refractivity contribution is 14.1. The number of rotatable bonds is 1.